The van der Waals surface area contributed by atoms with Crippen LogP contribution in [0.25, 0.3) is 6.08 Å². The molecular weight excluding hydrogens is 366 g/mol. The molecule has 1 atom stereocenters. The molecule has 1 heterocycles. The van der Waals surface area contributed by atoms with Gasteiger partial charge in [0.05, 0.1) is 0 Å². The smallest absolute Gasteiger partial charge is 0.387 e. The molecule has 1 unspecified atom stereocenters. The average Bonchev–Trinajstić information content (AvgIpc) is 3.17. The zero-order valence-electron chi connectivity index (χ0n) is 15.1. The Morgan fingerprint density at radius 3 is 2.57 bits per heavy atom. The predicted molar refractivity (Wildman–Crippen MR) is 102 cm³/mol. The molecule has 1 fully saturated rings. The van der Waals surface area contributed by atoms with Crippen LogP contribution in [0.4, 0.5) is 14.5 Å². The molecule has 7 heteroatoms. The molecule has 146 valence electrons. The highest BCUT2D eigenvalue weighted by molar-refractivity contribution is 6.00. The summed E-state index contributed by atoms with van der Waals surface area (Å²) in [6, 6.07) is 14.7. The van der Waals surface area contributed by atoms with Crippen molar-refractivity contribution in [3.05, 3.63) is 66.2 Å². The molecule has 5 nitrogen and oxygen atoms in total. The first-order valence-electron chi connectivity index (χ1n) is 8.93. The lowest BCUT2D eigenvalue weighted by molar-refractivity contribution is -0.132. The fourth-order valence-corrected chi connectivity index (χ4v) is 3.13. The first-order chi connectivity index (χ1) is 13.5. The molecule has 0 radical (unpaired) electrons. The van der Waals surface area contributed by atoms with Crippen LogP contribution < -0.4 is 10.1 Å². The van der Waals surface area contributed by atoms with E-state index in [1.807, 2.05) is 18.2 Å². The molecule has 0 aromatic heterocycles. The van der Waals surface area contributed by atoms with Gasteiger partial charge >= 0.3 is 6.61 Å². The van der Waals surface area contributed by atoms with Crippen LogP contribution >= 0.6 is 0 Å². The minimum atomic E-state index is -2.95. The Hall–Kier alpha value is -3.22. The maximum absolute atomic E-state index is 12.6. The average molecular weight is 386 g/mol. The third-order valence-corrected chi connectivity index (χ3v) is 4.42. The molecule has 2 aromatic carbocycles. The summed E-state index contributed by atoms with van der Waals surface area (Å²) in [4.78, 5) is 26.6. The van der Waals surface area contributed by atoms with Gasteiger partial charge in [-0.1, -0.05) is 36.4 Å². The molecule has 1 N–H and O–H groups in total. The monoisotopic (exact) mass is 386 g/mol. The molecule has 28 heavy (non-hydrogen) atoms. The number of halogens is 2. The number of alkyl halides is 2. The second kappa shape index (κ2) is 9.12. The van der Waals surface area contributed by atoms with Crippen molar-refractivity contribution in [1.82, 2.24) is 4.90 Å². The van der Waals surface area contributed by atoms with E-state index < -0.39 is 12.7 Å². The van der Waals surface area contributed by atoms with Crippen LogP contribution in [0.1, 0.15) is 18.4 Å². The number of para-hydroxylation sites is 2. The van der Waals surface area contributed by atoms with Crippen LogP contribution in [-0.4, -0.2) is 35.9 Å². The highest BCUT2D eigenvalue weighted by Gasteiger charge is 2.33. The topological polar surface area (TPSA) is 58.6 Å². The van der Waals surface area contributed by atoms with E-state index in [1.54, 1.807) is 30.3 Å². The van der Waals surface area contributed by atoms with Crippen molar-refractivity contribution in [2.24, 2.45) is 0 Å². The van der Waals surface area contributed by atoms with E-state index in [2.05, 4.69) is 10.1 Å². The molecule has 2 amide bonds. The molecule has 1 saturated heterocycles. The number of benzene rings is 2. The maximum atomic E-state index is 12.6. The van der Waals surface area contributed by atoms with Crippen LogP contribution in [0.3, 0.4) is 0 Å². The first-order valence-corrected chi connectivity index (χ1v) is 8.93. The van der Waals surface area contributed by atoms with Crippen molar-refractivity contribution in [3.63, 3.8) is 0 Å². The second-order valence-corrected chi connectivity index (χ2v) is 6.29. The molecule has 0 spiro atoms. The van der Waals surface area contributed by atoms with E-state index in [9.17, 15) is 18.4 Å². The summed E-state index contributed by atoms with van der Waals surface area (Å²) in [5.41, 5.74) is 1.03. The normalized spacial score (nSPS) is 16.5. The molecule has 0 aliphatic carbocycles. The fourth-order valence-electron chi connectivity index (χ4n) is 3.13. The SMILES string of the molecule is O=C(Nc1ccccc1)C1CCCN1C(=O)C=Cc1ccccc1OC(F)F. The van der Waals surface area contributed by atoms with Crippen molar-refractivity contribution in [2.75, 3.05) is 11.9 Å². The minimum absolute atomic E-state index is 0.0126. The van der Waals surface area contributed by atoms with Gasteiger partial charge in [0.15, 0.2) is 0 Å². The summed E-state index contributed by atoms with van der Waals surface area (Å²) in [7, 11) is 0. The van der Waals surface area contributed by atoms with Crippen molar-refractivity contribution in [2.45, 2.75) is 25.5 Å². The summed E-state index contributed by atoms with van der Waals surface area (Å²) in [5, 5.41) is 2.81. The molecule has 0 bridgehead atoms. The van der Waals surface area contributed by atoms with Gasteiger partial charge in [-0.25, -0.2) is 0 Å². The summed E-state index contributed by atoms with van der Waals surface area (Å²) < 4.78 is 29.5. The number of hydrogen-bond acceptors (Lipinski definition) is 3. The van der Waals surface area contributed by atoms with Crippen LogP contribution in [0.5, 0.6) is 5.75 Å². The Morgan fingerprint density at radius 2 is 1.82 bits per heavy atom. The minimum Gasteiger partial charge on any atom is -0.434 e. The van der Waals surface area contributed by atoms with Crippen molar-refractivity contribution in [3.8, 4) is 5.75 Å². The van der Waals surface area contributed by atoms with E-state index in [0.29, 0.717) is 24.2 Å². The number of hydrogen-bond donors (Lipinski definition) is 1. The highest BCUT2D eigenvalue weighted by atomic mass is 19.3. The van der Waals surface area contributed by atoms with Gasteiger partial charge in [0.2, 0.25) is 11.8 Å². The third kappa shape index (κ3) is 4.94. The zero-order valence-corrected chi connectivity index (χ0v) is 15.1. The first kappa shape index (κ1) is 19.5. The summed E-state index contributed by atoms with van der Waals surface area (Å²) in [6.45, 7) is -2.49. The van der Waals surface area contributed by atoms with E-state index in [4.69, 9.17) is 0 Å². The molecule has 0 saturated carbocycles. The van der Waals surface area contributed by atoms with Gasteiger partial charge in [-0.2, -0.15) is 8.78 Å². The molecular formula is C21H20F2N2O3. The maximum Gasteiger partial charge on any atom is 0.387 e. The lowest BCUT2D eigenvalue weighted by Gasteiger charge is -2.22. The molecule has 1 aliphatic heterocycles. The van der Waals surface area contributed by atoms with Gasteiger partial charge < -0.3 is 15.0 Å². The number of nitrogens with one attached hydrogen (secondary N) is 1. The van der Waals surface area contributed by atoms with Gasteiger partial charge in [0.1, 0.15) is 11.8 Å². The molecule has 3 rings (SSSR count). The standard InChI is InChI=1S/C21H20F2N2O3/c22-21(23)28-18-11-5-4-7-15(18)12-13-19(26)25-14-6-10-17(25)20(27)24-16-8-2-1-3-9-16/h1-5,7-9,11-13,17,21H,6,10,14H2,(H,24,27). The van der Waals surface area contributed by atoms with Crippen molar-refractivity contribution >= 4 is 23.6 Å². The second-order valence-electron chi connectivity index (χ2n) is 6.29. The van der Waals surface area contributed by atoms with Crippen LogP contribution in [0.15, 0.2) is 60.7 Å². The van der Waals surface area contributed by atoms with Crippen LogP contribution in [0.2, 0.25) is 0 Å². The van der Waals surface area contributed by atoms with Gasteiger partial charge in [0, 0.05) is 23.9 Å². The van der Waals surface area contributed by atoms with Gasteiger partial charge in [-0.05, 0) is 37.1 Å². The Bertz CT molecular complexity index is 856. The van der Waals surface area contributed by atoms with Crippen LogP contribution in [-0.2, 0) is 9.59 Å². The number of carbonyl (C=O) groups excluding carboxylic acids is 2. The number of likely N-dealkylation sites (tertiary alicyclic amines) is 1. The Kier molecular flexibility index (Phi) is 6.37. The summed E-state index contributed by atoms with van der Waals surface area (Å²) in [6.07, 6.45) is 3.99. The fraction of sp³-hybridized carbons (Fsp3) is 0.238. The summed E-state index contributed by atoms with van der Waals surface area (Å²) in [5.74, 6) is -0.606. The zero-order chi connectivity index (χ0) is 19.9. The summed E-state index contributed by atoms with van der Waals surface area (Å²) >= 11 is 0. The molecule has 1 aliphatic rings. The van der Waals surface area contributed by atoms with Crippen LogP contribution in [0, 0.1) is 0 Å². The van der Waals surface area contributed by atoms with E-state index >= 15 is 0 Å². The number of nitrogens with zero attached hydrogens (tertiary/aromatic N) is 1. The largest absolute Gasteiger partial charge is 0.434 e. The van der Waals surface area contributed by atoms with Gasteiger partial charge in [-0.3, -0.25) is 9.59 Å². The third-order valence-electron chi connectivity index (χ3n) is 4.42. The molecule has 2 aromatic rings. The Balaban J connectivity index is 1.68. The van der Waals surface area contributed by atoms with E-state index in [1.165, 1.54) is 23.1 Å². The van der Waals surface area contributed by atoms with Gasteiger partial charge in [0.25, 0.3) is 0 Å². The highest BCUT2D eigenvalue weighted by Crippen LogP contribution is 2.23. The Morgan fingerprint density at radius 1 is 1.11 bits per heavy atom. The Labute approximate surface area is 161 Å². The number of amides is 2. The van der Waals surface area contributed by atoms with E-state index in [0.717, 1.165) is 6.42 Å². The number of carbonyl (C=O) groups is 2. The van der Waals surface area contributed by atoms with E-state index in [-0.39, 0.29) is 17.6 Å². The number of ether oxygens (including phenoxy) is 1. The predicted octanol–water partition coefficient (Wildman–Crippen LogP) is 3.93. The lowest BCUT2D eigenvalue weighted by Crippen LogP contribution is -2.42. The van der Waals surface area contributed by atoms with Crippen molar-refractivity contribution < 1.29 is 23.1 Å². The number of anilines is 1. The number of rotatable bonds is 6. The lowest BCUT2D eigenvalue weighted by atomic mass is 10.1. The van der Waals surface area contributed by atoms with Crippen molar-refractivity contribution in [1.29, 1.82) is 0 Å². The quantitative estimate of drug-likeness (QED) is 0.766. The van der Waals surface area contributed by atoms with Gasteiger partial charge in [-0.15, -0.1) is 0 Å².